The Bertz CT molecular complexity index is 3180. The Morgan fingerprint density at radius 1 is 0.651 bits per heavy atom. The maximum atomic E-state index is 12.2. The molecule has 9 heteroatoms. The van der Waals surface area contributed by atoms with Gasteiger partial charge in [-0.1, -0.05) is 48.6 Å². The number of aryl methyl sites for hydroxylation is 7. The van der Waals surface area contributed by atoms with E-state index < -0.39 is 11.2 Å². The molecule has 2 aliphatic carbocycles. The van der Waals surface area contributed by atoms with Crippen molar-refractivity contribution in [1.82, 2.24) is 19.1 Å². The quantitative estimate of drug-likeness (QED) is 0.163. The monoisotopic (exact) mass is 834 g/mol. The summed E-state index contributed by atoms with van der Waals surface area (Å²) in [6.07, 6.45) is 9.22. The van der Waals surface area contributed by atoms with Gasteiger partial charge in [0.1, 0.15) is 35.7 Å². The number of nitrogens with zero attached hydrogens (tertiary/aromatic N) is 6. The topological polar surface area (TPSA) is 133 Å². The van der Waals surface area contributed by atoms with Crippen LogP contribution in [0.25, 0.3) is 34.0 Å². The molecule has 2 atom stereocenters. The van der Waals surface area contributed by atoms with Crippen molar-refractivity contribution in [2.45, 2.75) is 93.0 Å². The molecule has 0 radical (unpaired) electrons. The van der Waals surface area contributed by atoms with Gasteiger partial charge in [0, 0.05) is 66.8 Å². The number of aliphatic hydroxyl groups is 2. The van der Waals surface area contributed by atoms with Crippen LogP contribution < -0.4 is 4.74 Å². The first-order valence-electron chi connectivity index (χ1n) is 21.4. The van der Waals surface area contributed by atoms with Gasteiger partial charge < -0.3 is 24.1 Å². The van der Waals surface area contributed by atoms with Crippen molar-refractivity contribution >= 4 is 34.0 Å². The van der Waals surface area contributed by atoms with Crippen molar-refractivity contribution in [3.05, 3.63) is 168 Å². The Labute approximate surface area is 369 Å². The van der Waals surface area contributed by atoms with Crippen LogP contribution in [0.2, 0.25) is 0 Å². The van der Waals surface area contributed by atoms with Gasteiger partial charge in [-0.3, -0.25) is 9.97 Å². The normalized spacial score (nSPS) is 14.8. The number of fused-ring (bicyclic) bond motifs is 4. The lowest BCUT2D eigenvalue weighted by Gasteiger charge is -2.29. The molecular formula is C54H54N6O3. The summed E-state index contributed by atoms with van der Waals surface area (Å²) in [7, 11) is 4.05. The molecule has 63 heavy (non-hydrogen) atoms. The van der Waals surface area contributed by atoms with E-state index in [9.17, 15) is 20.7 Å². The molecule has 4 aromatic heterocycles. The summed E-state index contributed by atoms with van der Waals surface area (Å²) in [4.78, 5) is 9.36. The molecule has 7 aromatic rings. The molecule has 0 saturated carbocycles. The van der Waals surface area contributed by atoms with Crippen LogP contribution in [0, 0.1) is 71.1 Å². The third-order valence-corrected chi connectivity index (χ3v) is 13.4. The van der Waals surface area contributed by atoms with Crippen molar-refractivity contribution in [2.24, 2.45) is 14.1 Å². The molecule has 0 saturated heterocycles. The van der Waals surface area contributed by atoms with E-state index in [2.05, 4.69) is 59.2 Å². The number of hydrogen-bond acceptors (Lipinski definition) is 7. The third kappa shape index (κ3) is 7.12. The van der Waals surface area contributed by atoms with E-state index in [1.54, 1.807) is 0 Å². The number of aromatic nitrogens is 4. The Kier molecular flexibility index (Phi) is 10.8. The van der Waals surface area contributed by atoms with Gasteiger partial charge in [0.25, 0.3) is 0 Å². The summed E-state index contributed by atoms with van der Waals surface area (Å²) in [6, 6.07) is 22.9. The highest BCUT2D eigenvalue weighted by Gasteiger charge is 2.38. The van der Waals surface area contributed by atoms with Crippen LogP contribution >= 0.6 is 0 Å². The Balaban J connectivity index is 0.000000177. The van der Waals surface area contributed by atoms with Gasteiger partial charge in [0.05, 0.1) is 44.9 Å². The molecule has 318 valence electrons. The standard InChI is InChI=1S/C30H29N3O2.C24H25N3O/c1-18-13-27(35-17-21-9-7-6-8-10-21)28(23-11-12-33(5)29(18)23)30(4,34)22-14-24-19(2)25(16-31)20(3)32-26(24)15-22;1-13-9-14(2)23-18(7-8-27(23)6)22(13)24(5,28)17-10-19-15(3)20(12-25)16(4)26-21(19)11-17/h6-14,34H,15,17H2,1-5H3;7-10,28H,11H2,1-6H3. The number of pyridine rings is 2. The SMILES string of the molecule is Cc1cc(C)c2c(ccn2C)c1C(C)(O)C1=Cc2c(nc(C)c(C#N)c2C)C1.Cc1nc2c(c(C)c1C#N)C=C(C(C)(O)c1c(OCc3ccccc3)cc(C)c3c1ccn3C)C2. The van der Waals surface area contributed by atoms with Crippen LogP contribution in [0.1, 0.15) is 103 Å². The van der Waals surface area contributed by atoms with Gasteiger partial charge in [-0.15, -0.1) is 0 Å². The average molecular weight is 835 g/mol. The van der Waals surface area contributed by atoms with E-state index in [4.69, 9.17) is 9.72 Å². The highest BCUT2D eigenvalue weighted by Crippen LogP contribution is 2.47. The Morgan fingerprint density at radius 2 is 1.11 bits per heavy atom. The third-order valence-electron chi connectivity index (χ3n) is 13.4. The van der Waals surface area contributed by atoms with E-state index in [0.717, 1.165) is 106 Å². The fourth-order valence-corrected chi connectivity index (χ4v) is 10.2. The lowest BCUT2D eigenvalue weighted by molar-refractivity contribution is 0.0935. The maximum absolute atomic E-state index is 12.2. The second-order valence-electron chi connectivity index (χ2n) is 17.8. The van der Waals surface area contributed by atoms with Crippen LogP contribution in [0.4, 0.5) is 0 Å². The number of benzene rings is 3. The van der Waals surface area contributed by atoms with Crippen LogP contribution in [0.3, 0.4) is 0 Å². The summed E-state index contributed by atoms with van der Waals surface area (Å²) < 4.78 is 10.6. The molecule has 2 unspecified atom stereocenters. The van der Waals surface area contributed by atoms with E-state index in [0.29, 0.717) is 36.3 Å². The molecule has 2 N–H and O–H groups in total. The predicted molar refractivity (Wildman–Crippen MR) is 250 cm³/mol. The van der Waals surface area contributed by atoms with Crippen LogP contribution in [-0.4, -0.2) is 29.3 Å². The zero-order chi connectivity index (χ0) is 45.3. The molecule has 2 aliphatic rings. The Morgan fingerprint density at radius 3 is 1.60 bits per heavy atom. The molecule has 0 amide bonds. The van der Waals surface area contributed by atoms with E-state index in [1.807, 2.05) is 123 Å². The number of ether oxygens (including phenoxy) is 1. The highest BCUT2D eigenvalue weighted by molar-refractivity contribution is 5.91. The lowest BCUT2D eigenvalue weighted by atomic mass is 9.82. The lowest BCUT2D eigenvalue weighted by Crippen LogP contribution is -2.26. The summed E-state index contributed by atoms with van der Waals surface area (Å²) in [5.74, 6) is 0.672. The summed E-state index contributed by atoms with van der Waals surface area (Å²) >= 11 is 0. The molecule has 9 rings (SSSR count). The molecular weight excluding hydrogens is 781 g/mol. The number of rotatable bonds is 7. The molecule has 3 aromatic carbocycles. The molecule has 0 spiro atoms. The molecule has 4 heterocycles. The minimum absolute atomic E-state index is 0.409. The summed E-state index contributed by atoms with van der Waals surface area (Å²) in [6.45, 7) is 18.0. The van der Waals surface area contributed by atoms with Crippen LogP contribution in [-0.2, 0) is 44.7 Å². The van der Waals surface area contributed by atoms with Gasteiger partial charge in [-0.2, -0.15) is 10.5 Å². The predicted octanol–water partition coefficient (Wildman–Crippen LogP) is 10.3. The first kappa shape index (κ1) is 42.9. The second kappa shape index (κ2) is 15.8. The van der Waals surface area contributed by atoms with Crippen LogP contribution in [0.5, 0.6) is 5.75 Å². The average Bonchev–Trinajstić information content (AvgIpc) is 4.04. The molecule has 0 fully saturated rings. The Hall–Kier alpha value is -6.78. The fourth-order valence-electron chi connectivity index (χ4n) is 10.2. The first-order valence-corrected chi connectivity index (χ1v) is 21.4. The highest BCUT2D eigenvalue weighted by atomic mass is 16.5. The molecule has 0 bridgehead atoms. The first-order chi connectivity index (χ1) is 29.9. The largest absolute Gasteiger partial charge is 0.488 e. The van der Waals surface area contributed by atoms with E-state index >= 15 is 0 Å². The van der Waals surface area contributed by atoms with Crippen molar-refractivity contribution in [3.63, 3.8) is 0 Å². The zero-order valence-electron chi connectivity index (χ0n) is 38.1. The summed E-state index contributed by atoms with van der Waals surface area (Å²) in [5, 5.41) is 45.0. The van der Waals surface area contributed by atoms with Crippen LogP contribution in [0.15, 0.2) is 78.1 Å². The van der Waals surface area contributed by atoms with Crippen molar-refractivity contribution in [1.29, 1.82) is 10.5 Å². The van der Waals surface area contributed by atoms with Crippen molar-refractivity contribution in [2.75, 3.05) is 0 Å². The summed E-state index contributed by atoms with van der Waals surface area (Å²) in [5.41, 5.74) is 16.0. The van der Waals surface area contributed by atoms with Gasteiger partial charge in [0.15, 0.2) is 0 Å². The van der Waals surface area contributed by atoms with Gasteiger partial charge >= 0.3 is 0 Å². The van der Waals surface area contributed by atoms with Gasteiger partial charge in [0.2, 0.25) is 0 Å². The van der Waals surface area contributed by atoms with Crippen molar-refractivity contribution < 1.29 is 14.9 Å². The fraction of sp³-hybridized carbons (Fsp3) is 0.296. The maximum Gasteiger partial charge on any atom is 0.127 e. The van der Waals surface area contributed by atoms with Crippen molar-refractivity contribution in [3.8, 4) is 17.9 Å². The zero-order valence-corrected chi connectivity index (χ0v) is 38.1. The van der Waals surface area contributed by atoms with Gasteiger partial charge in [-0.25, -0.2) is 0 Å². The van der Waals surface area contributed by atoms with Gasteiger partial charge in [-0.05, 0) is 131 Å². The van der Waals surface area contributed by atoms with E-state index in [1.165, 1.54) is 5.56 Å². The number of hydrogen-bond donors (Lipinski definition) is 2. The molecule has 0 aliphatic heterocycles. The molecule has 9 nitrogen and oxygen atoms in total. The second-order valence-corrected chi connectivity index (χ2v) is 17.8. The number of nitriles is 2. The van der Waals surface area contributed by atoms with E-state index in [-0.39, 0.29) is 0 Å². The smallest absolute Gasteiger partial charge is 0.127 e. The minimum atomic E-state index is -1.30. The minimum Gasteiger partial charge on any atom is -0.488 e.